The molecule has 0 unspecified atom stereocenters. The average Bonchev–Trinajstić information content (AvgIpc) is 1.81. The Balaban J connectivity index is 3.28. The molecule has 0 bridgehead atoms. The van der Waals surface area contributed by atoms with E-state index < -0.39 is 7.59 Å². The molecule has 0 fully saturated rings. The predicted molar refractivity (Wildman–Crippen MR) is 56.8 cm³/mol. The lowest BCUT2D eigenvalue weighted by Crippen LogP contribution is -2.15. The summed E-state index contributed by atoms with van der Waals surface area (Å²) in [4.78, 5) is 0. The molecule has 0 aromatic carbocycles. The van der Waals surface area contributed by atoms with Crippen LogP contribution >= 0.6 is 69.6 Å². The van der Waals surface area contributed by atoms with Crippen molar-refractivity contribution in [3.63, 3.8) is 0 Å². The van der Waals surface area contributed by atoms with Crippen LogP contribution in [0.4, 0.5) is 0 Å². The Labute approximate surface area is 106 Å². The highest BCUT2D eigenvalue weighted by Gasteiger charge is 2.22. The number of ether oxygens (including phenoxy) is 2. The third-order valence-electron chi connectivity index (χ3n) is 0.630. The van der Waals surface area contributed by atoms with Crippen LogP contribution < -0.4 is 0 Å². The van der Waals surface area contributed by atoms with Crippen LogP contribution in [0.3, 0.4) is 0 Å². The van der Waals surface area contributed by atoms with Crippen molar-refractivity contribution in [2.75, 3.05) is 13.2 Å². The van der Waals surface area contributed by atoms with E-state index in [0.29, 0.717) is 0 Å². The SMILES string of the molecule is ClC(Cl)(Cl)CO[CH]OCC(Cl)(Cl)Cl. The highest BCUT2D eigenvalue weighted by atomic mass is 35.6. The van der Waals surface area contributed by atoms with Crippen LogP contribution in [0.1, 0.15) is 0 Å². The Morgan fingerprint density at radius 2 is 1.08 bits per heavy atom. The minimum absolute atomic E-state index is 0.141. The summed E-state index contributed by atoms with van der Waals surface area (Å²) < 4.78 is 6.38. The zero-order valence-electron chi connectivity index (χ0n) is 6.08. The zero-order chi connectivity index (χ0) is 10.5. The van der Waals surface area contributed by atoms with Crippen LogP contribution in [0.5, 0.6) is 0 Å². The van der Waals surface area contributed by atoms with Gasteiger partial charge >= 0.3 is 0 Å². The molecule has 1 radical (unpaired) electrons. The summed E-state index contributed by atoms with van der Waals surface area (Å²) in [5, 5.41) is 0. The van der Waals surface area contributed by atoms with Gasteiger partial charge in [0.1, 0.15) is 0 Å². The molecule has 0 spiro atoms. The van der Waals surface area contributed by atoms with Gasteiger partial charge in [0.25, 0.3) is 0 Å². The molecule has 0 aromatic heterocycles. The van der Waals surface area contributed by atoms with Crippen molar-refractivity contribution in [3.8, 4) is 0 Å². The number of alkyl halides is 6. The highest BCUT2D eigenvalue weighted by Crippen LogP contribution is 2.27. The second-order valence-electron chi connectivity index (χ2n) is 1.95. The summed E-state index contributed by atoms with van der Waals surface area (Å²) in [5.74, 6) is 0. The van der Waals surface area contributed by atoms with Gasteiger partial charge in [-0.1, -0.05) is 69.6 Å². The molecule has 0 amide bonds. The lowest BCUT2D eigenvalue weighted by molar-refractivity contribution is 0.0246. The van der Waals surface area contributed by atoms with Crippen LogP contribution in [-0.4, -0.2) is 20.8 Å². The van der Waals surface area contributed by atoms with Gasteiger partial charge < -0.3 is 9.47 Å². The molecule has 0 saturated heterocycles. The van der Waals surface area contributed by atoms with Crippen molar-refractivity contribution in [1.82, 2.24) is 0 Å². The maximum Gasteiger partial charge on any atom is 0.213 e. The molecule has 0 aliphatic carbocycles. The number of hydrogen-bond donors (Lipinski definition) is 0. The Bertz CT molecular complexity index is 123. The van der Waals surface area contributed by atoms with Crippen molar-refractivity contribution < 1.29 is 9.47 Å². The van der Waals surface area contributed by atoms with Gasteiger partial charge in [-0.25, -0.2) is 0 Å². The van der Waals surface area contributed by atoms with Crippen molar-refractivity contribution in [3.05, 3.63) is 6.79 Å². The zero-order valence-corrected chi connectivity index (χ0v) is 10.6. The summed E-state index contributed by atoms with van der Waals surface area (Å²) in [5.41, 5.74) is 0. The summed E-state index contributed by atoms with van der Waals surface area (Å²) >= 11 is 32.1. The molecular formula is C5H5Cl6O2. The summed E-state index contributed by atoms with van der Waals surface area (Å²) in [6.07, 6.45) is 0. The van der Waals surface area contributed by atoms with E-state index in [1.54, 1.807) is 0 Å². The smallest absolute Gasteiger partial charge is 0.213 e. The van der Waals surface area contributed by atoms with Crippen LogP contribution in [-0.2, 0) is 9.47 Å². The van der Waals surface area contributed by atoms with Crippen LogP contribution in [0.25, 0.3) is 0 Å². The van der Waals surface area contributed by atoms with Crippen LogP contribution in [0, 0.1) is 6.79 Å². The fraction of sp³-hybridized carbons (Fsp3) is 0.800. The van der Waals surface area contributed by atoms with E-state index in [2.05, 4.69) is 9.47 Å². The van der Waals surface area contributed by atoms with E-state index in [-0.39, 0.29) is 13.2 Å². The van der Waals surface area contributed by atoms with Gasteiger partial charge in [0.05, 0.1) is 13.2 Å². The molecule has 8 heteroatoms. The van der Waals surface area contributed by atoms with Gasteiger partial charge in [-0.2, -0.15) is 0 Å². The van der Waals surface area contributed by atoms with Crippen molar-refractivity contribution in [2.24, 2.45) is 0 Å². The van der Waals surface area contributed by atoms with Crippen molar-refractivity contribution >= 4 is 69.6 Å². The van der Waals surface area contributed by atoms with E-state index in [4.69, 9.17) is 69.6 Å². The predicted octanol–water partition coefficient (Wildman–Crippen LogP) is 3.88. The fourth-order valence-electron chi connectivity index (χ4n) is 0.305. The van der Waals surface area contributed by atoms with E-state index in [0.717, 1.165) is 6.79 Å². The first kappa shape index (κ1) is 14.7. The molecule has 0 aromatic rings. The van der Waals surface area contributed by atoms with Crippen LogP contribution in [0.15, 0.2) is 0 Å². The Morgan fingerprint density at radius 1 is 0.769 bits per heavy atom. The summed E-state index contributed by atoms with van der Waals surface area (Å²) in [6.45, 7) is 0.666. The molecule has 2 nitrogen and oxygen atoms in total. The molecule has 79 valence electrons. The third kappa shape index (κ3) is 13.7. The highest BCUT2D eigenvalue weighted by molar-refractivity contribution is 6.68. The second-order valence-corrected chi connectivity index (χ2v) is 6.98. The number of halogens is 6. The van der Waals surface area contributed by atoms with Gasteiger partial charge in [0.15, 0.2) is 0 Å². The number of rotatable bonds is 4. The van der Waals surface area contributed by atoms with Gasteiger partial charge in [-0.05, 0) is 0 Å². The van der Waals surface area contributed by atoms with E-state index in [9.17, 15) is 0 Å². The van der Waals surface area contributed by atoms with E-state index >= 15 is 0 Å². The minimum Gasteiger partial charge on any atom is -0.343 e. The topological polar surface area (TPSA) is 18.5 Å². The standard InChI is InChI=1S/C5H5Cl6O2/c6-4(7,8)1-12-3-13-2-5(9,10)11/h3H,1-2H2. The monoisotopic (exact) mass is 307 g/mol. The molecule has 0 N–H and O–H groups in total. The molecule has 0 aliphatic rings. The molecule has 0 saturated carbocycles. The maximum atomic E-state index is 5.35. The maximum absolute atomic E-state index is 5.35. The molecular weight excluding hydrogens is 305 g/mol. The first-order valence-corrected chi connectivity index (χ1v) is 5.16. The fourth-order valence-corrected chi connectivity index (χ4v) is 0.683. The molecule has 0 rings (SSSR count). The van der Waals surface area contributed by atoms with Crippen molar-refractivity contribution in [2.45, 2.75) is 7.59 Å². The van der Waals surface area contributed by atoms with Gasteiger partial charge in [0, 0.05) is 0 Å². The average molecular weight is 310 g/mol. The minimum atomic E-state index is -1.49. The molecule has 13 heavy (non-hydrogen) atoms. The number of hydrogen-bond acceptors (Lipinski definition) is 2. The Kier molecular flexibility index (Phi) is 7.09. The lowest BCUT2D eigenvalue weighted by Gasteiger charge is -2.13. The largest absolute Gasteiger partial charge is 0.343 e. The van der Waals surface area contributed by atoms with Gasteiger partial charge in [-0.15, -0.1) is 0 Å². The molecule has 0 heterocycles. The Morgan fingerprint density at radius 3 is 1.31 bits per heavy atom. The quantitative estimate of drug-likeness (QED) is 0.579. The van der Waals surface area contributed by atoms with Crippen molar-refractivity contribution in [1.29, 1.82) is 0 Å². The second kappa shape index (κ2) is 6.29. The third-order valence-corrected chi connectivity index (χ3v) is 1.28. The van der Waals surface area contributed by atoms with Gasteiger partial charge in [0.2, 0.25) is 14.4 Å². The molecule has 0 atom stereocenters. The lowest BCUT2D eigenvalue weighted by atomic mass is 10.8. The summed E-state index contributed by atoms with van der Waals surface area (Å²) in [6, 6.07) is 0. The summed E-state index contributed by atoms with van der Waals surface area (Å²) in [7, 11) is 0. The Hall–Kier alpha value is 1.66. The first-order chi connectivity index (χ1) is 5.71. The van der Waals surface area contributed by atoms with Crippen LogP contribution in [0.2, 0.25) is 0 Å². The van der Waals surface area contributed by atoms with E-state index in [1.807, 2.05) is 0 Å². The molecule has 0 aliphatic heterocycles. The normalized spacial score (nSPS) is 13.4. The van der Waals surface area contributed by atoms with Gasteiger partial charge in [-0.3, -0.25) is 0 Å². The first-order valence-electron chi connectivity index (χ1n) is 2.89. The van der Waals surface area contributed by atoms with E-state index in [1.165, 1.54) is 0 Å².